The first-order valence-corrected chi connectivity index (χ1v) is 15.6. The Morgan fingerprint density at radius 2 is 2.17 bits per heavy atom. The van der Waals surface area contributed by atoms with Gasteiger partial charge in [0.05, 0.1) is 11.3 Å². The number of amides is 1. The number of allylic oxidation sites excluding steroid dienone is 1. The maximum Gasteiger partial charge on any atom is 0.235 e. The van der Waals surface area contributed by atoms with Crippen LogP contribution < -0.4 is 10.1 Å². The average Bonchev–Trinajstić information content (AvgIpc) is 3.50. The summed E-state index contributed by atoms with van der Waals surface area (Å²) in [6, 6.07) is 8.35. The minimum atomic E-state index is -0.340. The third-order valence-corrected chi connectivity index (χ3v) is 10.4. The normalized spacial score (nSPS) is 15.7. The summed E-state index contributed by atoms with van der Waals surface area (Å²) < 4.78 is 8.17. The van der Waals surface area contributed by atoms with Crippen molar-refractivity contribution >= 4 is 34.0 Å². The van der Waals surface area contributed by atoms with Crippen LogP contribution in [0.1, 0.15) is 79.6 Å². The minimum Gasteiger partial charge on any atom is -0.482 e. The van der Waals surface area contributed by atoms with E-state index in [1.54, 1.807) is 17.4 Å². The third kappa shape index (κ3) is 6.29. The highest BCUT2D eigenvalue weighted by molar-refractivity contribution is 7.99. The summed E-state index contributed by atoms with van der Waals surface area (Å²) in [5, 5.41) is 23.0. The fourth-order valence-corrected chi connectivity index (χ4v) is 7.19. The number of nitriles is 1. The third-order valence-electron chi connectivity index (χ3n) is 8.26. The van der Waals surface area contributed by atoms with E-state index in [1.165, 1.54) is 16.6 Å². The second kappa shape index (κ2) is 12.6. The van der Waals surface area contributed by atoms with Crippen LogP contribution in [0.15, 0.2) is 36.0 Å². The van der Waals surface area contributed by atoms with Crippen LogP contribution in [0.5, 0.6) is 5.75 Å². The van der Waals surface area contributed by atoms with E-state index in [4.69, 9.17) is 4.74 Å². The number of carbonyl (C=O) groups is 1. The van der Waals surface area contributed by atoms with E-state index in [0.717, 1.165) is 48.1 Å². The second-order valence-corrected chi connectivity index (χ2v) is 13.2. The van der Waals surface area contributed by atoms with Crippen LogP contribution in [0.4, 0.5) is 5.00 Å². The minimum absolute atomic E-state index is 0.153. The van der Waals surface area contributed by atoms with Crippen molar-refractivity contribution in [2.24, 2.45) is 11.3 Å². The van der Waals surface area contributed by atoms with Crippen molar-refractivity contribution in [3.05, 3.63) is 63.8 Å². The fraction of sp³-hybridized carbons (Fsp3) is 0.484. The van der Waals surface area contributed by atoms with Crippen LogP contribution in [-0.4, -0.2) is 26.4 Å². The van der Waals surface area contributed by atoms with Gasteiger partial charge in [0.25, 0.3) is 0 Å². The molecular weight excluding hydrogens is 539 g/mol. The quantitative estimate of drug-likeness (QED) is 0.188. The van der Waals surface area contributed by atoms with Gasteiger partial charge in [0, 0.05) is 11.4 Å². The highest BCUT2D eigenvalue weighted by Gasteiger charge is 2.34. The maximum absolute atomic E-state index is 13.0. The molecule has 0 spiro atoms. The number of anilines is 1. The van der Waals surface area contributed by atoms with Crippen LogP contribution >= 0.6 is 23.1 Å². The van der Waals surface area contributed by atoms with Gasteiger partial charge in [0.2, 0.25) is 5.91 Å². The number of aromatic nitrogens is 3. The number of rotatable bonds is 11. The number of nitrogens with zero attached hydrogens (tertiary/aromatic N) is 4. The largest absolute Gasteiger partial charge is 0.482 e. The van der Waals surface area contributed by atoms with Gasteiger partial charge in [-0.3, -0.25) is 9.36 Å². The molecule has 1 N–H and O–H groups in total. The molecule has 0 fully saturated rings. The van der Waals surface area contributed by atoms with Gasteiger partial charge in [-0.15, -0.1) is 28.1 Å². The van der Waals surface area contributed by atoms with E-state index in [9.17, 15) is 10.1 Å². The molecule has 4 rings (SSSR count). The summed E-state index contributed by atoms with van der Waals surface area (Å²) in [6.07, 6.45) is 5.51. The molecule has 3 aromatic rings. The number of hydrogen-bond acceptors (Lipinski definition) is 7. The number of aryl methyl sites for hydroxylation is 1. The Morgan fingerprint density at radius 3 is 2.88 bits per heavy atom. The lowest BCUT2D eigenvalue weighted by molar-refractivity contribution is -0.113. The molecule has 0 aliphatic heterocycles. The number of fused-ring (bicyclic) bond motifs is 1. The Hall–Kier alpha value is -3.09. The first kappa shape index (κ1) is 29.9. The van der Waals surface area contributed by atoms with E-state index in [2.05, 4.69) is 61.9 Å². The van der Waals surface area contributed by atoms with Crippen molar-refractivity contribution in [3.8, 4) is 11.8 Å². The van der Waals surface area contributed by atoms with Gasteiger partial charge < -0.3 is 10.1 Å². The van der Waals surface area contributed by atoms with Gasteiger partial charge >= 0.3 is 0 Å². The zero-order valence-corrected chi connectivity index (χ0v) is 26.0. The summed E-state index contributed by atoms with van der Waals surface area (Å²) in [7, 11) is 0. The molecule has 2 aromatic heterocycles. The Balaban J connectivity index is 1.44. The summed E-state index contributed by atoms with van der Waals surface area (Å²) in [4.78, 5) is 14.3. The smallest absolute Gasteiger partial charge is 0.235 e. The van der Waals surface area contributed by atoms with Crippen molar-refractivity contribution in [1.29, 1.82) is 5.26 Å². The van der Waals surface area contributed by atoms with E-state index in [-0.39, 0.29) is 23.2 Å². The Labute approximate surface area is 246 Å². The van der Waals surface area contributed by atoms with Crippen molar-refractivity contribution in [3.63, 3.8) is 0 Å². The molecule has 1 amide bonds. The summed E-state index contributed by atoms with van der Waals surface area (Å²) >= 11 is 2.88. The molecule has 2 atom stereocenters. The molecule has 0 bridgehead atoms. The molecule has 2 unspecified atom stereocenters. The number of ether oxygens (including phenoxy) is 1. The molecule has 212 valence electrons. The fourth-order valence-electron chi connectivity index (χ4n) is 5.14. The van der Waals surface area contributed by atoms with Gasteiger partial charge in [-0.1, -0.05) is 57.2 Å². The lowest BCUT2D eigenvalue weighted by Gasteiger charge is -2.36. The lowest BCUT2D eigenvalue weighted by Crippen LogP contribution is -2.28. The SMILES string of the molecule is C=CCn1c(SCC(=O)Nc2sc3c(c2C#N)CCC(C(C)(C)CC)C3)nnc1C(C)Oc1cccc(C)c1C. The molecular formula is C31H39N5O2S2. The van der Waals surface area contributed by atoms with Crippen molar-refractivity contribution in [2.45, 2.75) is 85.0 Å². The molecule has 1 aromatic carbocycles. The van der Waals surface area contributed by atoms with E-state index in [1.807, 2.05) is 30.5 Å². The van der Waals surface area contributed by atoms with Gasteiger partial charge in [-0.25, -0.2) is 0 Å². The molecule has 7 nitrogen and oxygen atoms in total. The first-order valence-electron chi connectivity index (χ1n) is 13.8. The molecule has 0 saturated carbocycles. The second-order valence-electron chi connectivity index (χ2n) is 11.1. The Morgan fingerprint density at radius 1 is 1.40 bits per heavy atom. The van der Waals surface area contributed by atoms with Crippen LogP contribution in [0.25, 0.3) is 0 Å². The van der Waals surface area contributed by atoms with Gasteiger partial charge in [-0.05, 0) is 74.1 Å². The van der Waals surface area contributed by atoms with E-state index in [0.29, 0.717) is 34.0 Å². The summed E-state index contributed by atoms with van der Waals surface area (Å²) in [6.45, 7) is 17.3. The van der Waals surface area contributed by atoms with Crippen LogP contribution in [0, 0.1) is 36.5 Å². The van der Waals surface area contributed by atoms with Crippen molar-refractivity contribution < 1.29 is 9.53 Å². The zero-order chi connectivity index (χ0) is 29.0. The van der Waals surface area contributed by atoms with Gasteiger partial charge in [0.15, 0.2) is 17.1 Å². The maximum atomic E-state index is 13.0. The Bertz CT molecular complexity index is 1430. The van der Waals surface area contributed by atoms with Crippen LogP contribution in [0.2, 0.25) is 0 Å². The highest BCUT2D eigenvalue weighted by atomic mass is 32.2. The predicted octanol–water partition coefficient (Wildman–Crippen LogP) is 7.43. The number of nitrogens with one attached hydrogen (secondary N) is 1. The summed E-state index contributed by atoms with van der Waals surface area (Å²) in [5.41, 5.74) is 4.26. The van der Waals surface area contributed by atoms with Crippen molar-refractivity contribution in [1.82, 2.24) is 14.8 Å². The average molecular weight is 578 g/mol. The number of hydrogen-bond donors (Lipinski definition) is 1. The lowest BCUT2D eigenvalue weighted by atomic mass is 9.69. The van der Waals surface area contributed by atoms with E-state index < -0.39 is 0 Å². The van der Waals surface area contributed by atoms with E-state index >= 15 is 0 Å². The monoisotopic (exact) mass is 577 g/mol. The highest BCUT2D eigenvalue weighted by Crippen LogP contribution is 2.45. The number of benzene rings is 1. The molecule has 0 saturated heterocycles. The summed E-state index contributed by atoms with van der Waals surface area (Å²) in [5.74, 6) is 2.05. The van der Waals surface area contributed by atoms with Crippen LogP contribution in [-0.2, 0) is 24.2 Å². The standard InChI is InChI=1S/C31H39N5O2S2/c1-8-15-36-28(21(5)38-25-12-10-11-19(3)20(25)4)34-35-30(36)39-18-27(37)33-29-24(17-32)23-14-13-22(16-26(23)40-29)31(6,7)9-2/h8,10-12,21-22H,1,9,13-16,18H2,2-7H3,(H,33,37). The molecule has 9 heteroatoms. The molecule has 1 aliphatic carbocycles. The van der Waals surface area contributed by atoms with Gasteiger partial charge in [0.1, 0.15) is 16.8 Å². The predicted molar refractivity (Wildman–Crippen MR) is 163 cm³/mol. The van der Waals surface area contributed by atoms with Gasteiger partial charge in [-0.2, -0.15) is 5.26 Å². The first-order chi connectivity index (χ1) is 19.1. The zero-order valence-electron chi connectivity index (χ0n) is 24.3. The van der Waals surface area contributed by atoms with Crippen LogP contribution in [0.3, 0.4) is 0 Å². The molecule has 1 aliphatic rings. The topological polar surface area (TPSA) is 92.8 Å². The number of carbonyl (C=O) groups excluding carboxylic acids is 1. The molecule has 0 radical (unpaired) electrons. The molecule has 2 heterocycles. The Kier molecular flexibility index (Phi) is 9.42. The molecule has 40 heavy (non-hydrogen) atoms. The van der Waals surface area contributed by atoms with Crippen molar-refractivity contribution in [2.75, 3.05) is 11.1 Å². The number of thioether (sulfide) groups is 1. The number of thiophene rings is 1.